The first kappa shape index (κ1) is 30.7. The number of ketones is 1. The Morgan fingerprint density at radius 2 is 1.62 bits per heavy atom. The van der Waals surface area contributed by atoms with Gasteiger partial charge in [-0.25, -0.2) is 29.2 Å². The minimum Gasteiger partial charge on any atom is -0.443 e. The Kier molecular flexibility index (Phi) is 8.16. The highest BCUT2D eigenvalue weighted by molar-refractivity contribution is 6.14. The van der Waals surface area contributed by atoms with Gasteiger partial charge in [-0.15, -0.1) is 5.10 Å². The molecule has 1 atom stereocenters. The number of ether oxygens (including phenoxy) is 3. The molecule has 0 spiro atoms. The zero-order valence-corrected chi connectivity index (χ0v) is 24.0. The van der Waals surface area contributed by atoms with Crippen molar-refractivity contribution in [2.24, 2.45) is 0 Å². The molecule has 3 heterocycles. The van der Waals surface area contributed by atoms with Crippen LogP contribution in [0.2, 0.25) is 0 Å². The number of aromatic nitrogens is 5. The Morgan fingerprint density at radius 1 is 0.976 bits per heavy atom. The minimum absolute atomic E-state index is 0.0996. The number of hydrogen-bond donors (Lipinski definition) is 0. The molecule has 0 aliphatic heterocycles. The maximum atomic E-state index is 13.5. The molecule has 3 aromatic rings. The van der Waals surface area contributed by atoms with Crippen molar-refractivity contribution in [1.29, 1.82) is 0 Å². The van der Waals surface area contributed by atoms with Gasteiger partial charge in [0.25, 0.3) is 0 Å². The van der Waals surface area contributed by atoms with Crippen molar-refractivity contribution >= 4 is 34.8 Å². The van der Waals surface area contributed by atoms with E-state index in [9.17, 15) is 27.6 Å². The maximum Gasteiger partial charge on any atom is 0.425 e. The molecule has 12 nitrogen and oxygen atoms in total. The molecule has 226 valence electrons. The van der Waals surface area contributed by atoms with E-state index < -0.39 is 47.1 Å². The number of pyridine rings is 1. The third-order valence-corrected chi connectivity index (χ3v) is 5.88. The van der Waals surface area contributed by atoms with Crippen molar-refractivity contribution in [2.75, 3.05) is 4.90 Å². The molecule has 1 unspecified atom stereocenters. The smallest absolute Gasteiger partial charge is 0.425 e. The van der Waals surface area contributed by atoms with Gasteiger partial charge in [0.1, 0.15) is 29.0 Å². The Balaban J connectivity index is 1.96. The number of fused-ring (bicyclic) bond motifs is 1. The minimum atomic E-state index is -4.69. The van der Waals surface area contributed by atoms with Gasteiger partial charge >= 0.3 is 18.4 Å². The van der Waals surface area contributed by atoms with Gasteiger partial charge < -0.3 is 14.2 Å². The summed E-state index contributed by atoms with van der Waals surface area (Å²) >= 11 is 0. The molecule has 4 rings (SSSR count). The highest BCUT2D eigenvalue weighted by atomic mass is 19.4. The number of halogens is 3. The summed E-state index contributed by atoms with van der Waals surface area (Å²) in [7, 11) is 0. The van der Waals surface area contributed by atoms with Crippen LogP contribution in [0.25, 0.3) is 11.0 Å². The summed E-state index contributed by atoms with van der Waals surface area (Å²) in [5.41, 5.74) is -3.21. The third-order valence-electron chi connectivity index (χ3n) is 5.88. The Morgan fingerprint density at radius 3 is 2.19 bits per heavy atom. The van der Waals surface area contributed by atoms with E-state index in [1.165, 1.54) is 4.68 Å². The molecule has 0 bridgehead atoms. The van der Waals surface area contributed by atoms with Gasteiger partial charge in [0.2, 0.25) is 11.8 Å². The van der Waals surface area contributed by atoms with E-state index in [-0.39, 0.29) is 34.9 Å². The van der Waals surface area contributed by atoms with Crippen LogP contribution in [-0.2, 0) is 20.4 Å². The average Bonchev–Trinajstić information content (AvgIpc) is 3.20. The van der Waals surface area contributed by atoms with Gasteiger partial charge in [-0.2, -0.15) is 18.1 Å². The average molecular weight is 593 g/mol. The van der Waals surface area contributed by atoms with Crippen LogP contribution in [0.4, 0.5) is 28.6 Å². The predicted octanol–water partition coefficient (Wildman–Crippen LogP) is 6.39. The fourth-order valence-electron chi connectivity index (χ4n) is 4.20. The Labute approximate surface area is 239 Å². The predicted molar refractivity (Wildman–Crippen MR) is 142 cm³/mol. The van der Waals surface area contributed by atoms with Gasteiger partial charge in [-0.05, 0) is 60.5 Å². The van der Waals surface area contributed by atoms with Gasteiger partial charge in [0.15, 0.2) is 17.2 Å². The van der Waals surface area contributed by atoms with E-state index in [0.29, 0.717) is 30.2 Å². The summed E-state index contributed by atoms with van der Waals surface area (Å²) in [5, 5.41) is 4.26. The second kappa shape index (κ2) is 11.2. The molecule has 1 aliphatic rings. The molecule has 0 saturated heterocycles. The van der Waals surface area contributed by atoms with Crippen LogP contribution in [-0.4, -0.2) is 53.9 Å². The Bertz CT molecular complexity index is 1480. The number of hydrogen-bond acceptors (Lipinski definition) is 10. The molecule has 0 N–H and O–H groups in total. The molecule has 0 aromatic carbocycles. The Hall–Kier alpha value is -4.30. The maximum absolute atomic E-state index is 13.5. The molecule has 1 saturated carbocycles. The quantitative estimate of drug-likeness (QED) is 0.335. The van der Waals surface area contributed by atoms with E-state index in [1.54, 1.807) is 41.5 Å². The topological polar surface area (TPSA) is 139 Å². The van der Waals surface area contributed by atoms with Crippen molar-refractivity contribution in [3.63, 3.8) is 0 Å². The second-order valence-corrected chi connectivity index (χ2v) is 11.7. The summed E-state index contributed by atoms with van der Waals surface area (Å²) < 4.78 is 58.4. The zero-order chi connectivity index (χ0) is 31.0. The van der Waals surface area contributed by atoms with E-state index in [2.05, 4.69) is 20.1 Å². The number of carbonyl (C=O) groups excluding carboxylic acids is 3. The summed E-state index contributed by atoms with van der Waals surface area (Å²) in [6.45, 7) is 9.55. The number of imide groups is 1. The van der Waals surface area contributed by atoms with E-state index >= 15 is 0 Å². The lowest BCUT2D eigenvalue weighted by atomic mass is 9.94. The lowest BCUT2D eigenvalue weighted by Crippen LogP contribution is -2.44. The highest BCUT2D eigenvalue weighted by Gasteiger charge is 2.39. The van der Waals surface area contributed by atoms with Crippen molar-refractivity contribution < 1.29 is 41.8 Å². The standard InChI is InChI=1S/C27H31F3N6O6/c1-25(2,3)41-23(38)35(24(39)42-26(4,5)6)21-19-20(32-14-33-21)34-36(16-9-7-8-10-17(16)37)22(19)40-18-13-15(11-12-31-18)27(28,29)30/h11-14,16H,7-10H2,1-6H3. The van der Waals surface area contributed by atoms with Gasteiger partial charge in [-0.3, -0.25) is 4.79 Å². The number of carbonyl (C=O) groups is 3. The highest BCUT2D eigenvalue weighted by Crippen LogP contribution is 2.40. The fraction of sp³-hybridized carbons (Fsp3) is 0.519. The molecule has 0 radical (unpaired) electrons. The van der Waals surface area contributed by atoms with Gasteiger partial charge in [0.05, 0.1) is 5.56 Å². The molecule has 1 aliphatic carbocycles. The summed E-state index contributed by atoms with van der Waals surface area (Å²) in [6, 6.07) is 0.598. The number of nitrogens with zero attached hydrogens (tertiary/aromatic N) is 6. The molecule has 15 heteroatoms. The van der Waals surface area contributed by atoms with Crippen LogP contribution < -0.4 is 9.64 Å². The first-order chi connectivity index (χ1) is 19.4. The number of Topliss-reactive ketones (excluding diaryl/α,β-unsaturated/α-hetero) is 1. The van der Waals surface area contributed by atoms with Crippen LogP contribution in [0.15, 0.2) is 24.7 Å². The zero-order valence-electron chi connectivity index (χ0n) is 24.0. The van der Waals surface area contributed by atoms with Crippen molar-refractivity contribution in [3.8, 4) is 11.8 Å². The SMILES string of the molecule is CC(C)(C)OC(=O)N(C(=O)OC(C)(C)C)c1ncnc2nn(C3CCCCC3=O)c(Oc3cc(C(F)(F)F)ccn3)c12. The first-order valence-electron chi connectivity index (χ1n) is 13.2. The summed E-state index contributed by atoms with van der Waals surface area (Å²) in [6.07, 6.45) is -3.09. The second-order valence-electron chi connectivity index (χ2n) is 11.7. The normalized spacial score (nSPS) is 16.3. The lowest BCUT2D eigenvalue weighted by Gasteiger charge is -2.28. The van der Waals surface area contributed by atoms with Crippen LogP contribution in [0, 0.1) is 0 Å². The molecular weight excluding hydrogens is 561 g/mol. The van der Waals surface area contributed by atoms with E-state index in [0.717, 1.165) is 18.6 Å². The molecule has 2 amide bonds. The first-order valence-corrected chi connectivity index (χ1v) is 13.2. The van der Waals surface area contributed by atoms with Crippen molar-refractivity contribution in [2.45, 2.75) is 90.6 Å². The number of alkyl halides is 3. The third kappa shape index (κ3) is 6.94. The molecule has 3 aromatic heterocycles. The number of amides is 2. The molecule has 42 heavy (non-hydrogen) atoms. The van der Waals surface area contributed by atoms with Crippen LogP contribution in [0.3, 0.4) is 0 Å². The van der Waals surface area contributed by atoms with Crippen LogP contribution in [0.5, 0.6) is 11.8 Å². The fourth-order valence-corrected chi connectivity index (χ4v) is 4.20. The molecular formula is C27H31F3N6O6. The number of anilines is 1. The van der Waals surface area contributed by atoms with E-state index in [1.807, 2.05) is 0 Å². The summed E-state index contributed by atoms with van der Waals surface area (Å²) in [4.78, 5) is 52.4. The molecule has 1 fully saturated rings. The van der Waals surface area contributed by atoms with Crippen LogP contribution in [0.1, 0.15) is 78.8 Å². The lowest BCUT2D eigenvalue weighted by molar-refractivity contribution is -0.137. The van der Waals surface area contributed by atoms with Gasteiger partial charge in [0, 0.05) is 18.7 Å². The van der Waals surface area contributed by atoms with Crippen molar-refractivity contribution in [1.82, 2.24) is 24.7 Å². The van der Waals surface area contributed by atoms with Gasteiger partial charge in [-0.1, -0.05) is 6.42 Å². The van der Waals surface area contributed by atoms with Crippen LogP contribution >= 0.6 is 0 Å². The largest absolute Gasteiger partial charge is 0.443 e. The van der Waals surface area contributed by atoms with Crippen molar-refractivity contribution in [3.05, 3.63) is 30.2 Å². The monoisotopic (exact) mass is 592 g/mol. The van der Waals surface area contributed by atoms with E-state index in [4.69, 9.17) is 14.2 Å². The summed E-state index contributed by atoms with van der Waals surface area (Å²) in [5.74, 6) is -1.32. The number of rotatable bonds is 4.